The first-order chi connectivity index (χ1) is 8.75. The van der Waals surface area contributed by atoms with Gasteiger partial charge in [0, 0.05) is 12.5 Å². The van der Waals surface area contributed by atoms with Crippen molar-refractivity contribution < 1.29 is 9.53 Å². The molecule has 0 radical (unpaired) electrons. The van der Waals surface area contributed by atoms with Crippen LogP contribution in [0.5, 0.6) is 0 Å². The van der Waals surface area contributed by atoms with Crippen molar-refractivity contribution >= 4 is 5.97 Å². The molecule has 98 valence electrons. The summed E-state index contributed by atoms with van der Waals surface area (Å²) in [4.78, 5) is 11.7. The molecular formula is C15H21NO2. The molecule has 3 heteroatoms. The molecule has 2 rings (SSSR count). The Morgan fingerprint density at radius 3 is 2.89 bits per heavy atom. The maximum Gasteiger partial charge on any atom is 0.306 e. The van der Waals surface area contributed by atoms with E-state index in [1.54, 1.807) is 0 Å². The number of nitrogens with one attached hydrogen (secondary N) is 1. The number of hydrogen-bond donors (Lipinski definition) is 1. The normalized spacial score (nSPS) is 20.6. The van der Waals surface area contributed by atoms with Crippen molar-refractivity contribution in [1.82, 2.24) is 5.32 Å². The van der Waals surface area contributed by atoms with Crippen LogP contribution < -0.4 is 5.32 Å². The Morgan fingerprint density at radius 1 is 1.44 bits per heavy atom. The summed E-state index contributed by atoms with van der Waals surface area (Å²) in [6, 6.07) is 10.4. The van der Waals surface area contributed by atoms with E-state index in [1.165, 1.54) is 12.0 Å². The quantitative estimate of drug-likeness (QED) is 0.811. The van der Waals surface area contributed by atoms with E-state index in [4.69, 9.17) is 4.74 Å². The molecule has 1 saturated heterocycles. The largest absolute Gasteiger partial charge is 0.461 e. The van der Waals surface area contributed by atoms with E-state index >= 15 is 0 Å². The van der Waals surface area contributed by atoms with Gasteiger partial charge in [0.25, 0.3) is 0 Å². The maximum atomic E-state index is 11.7. The van der Waals surface area contributed by atoms with Crippen molar-refractivity contribution in [3.05, 3.63) is 35.9 Å². The second kappa shape index (κ2) is 6.55. The molecular weight excluding hydrogens is 226 g/mol. The van der Waals surface area contributed by atoms with Crippen LogP contribution in [0.4, 0.5) is 0 Å². The Hall–Kier alpha value is -1.35. The van der Waals surface area contributed by atoms with Crippen LogP contribution in [0.15, 0.2) is 30.3 Å². The average Bonchev–Trinajstić information content (AvgIpc) is 2.91. The van der Waals surface area contributed by atoms with Crippen molar-refractivity contribution in [2.45, 2.75) is 44.8 Å². The number of ether oxygens (including phenoxy) is 1. The minimum absolute atomic E-state index is 0.0178. The van der Waals surface area contributed by atoms with Gasteiger partial charge in [0.15, 0.2) is 0 Å². The molecule has 1 fully saturated rings. The van der Waals surface area contributed by atoms with Crippen molar-refractivity contribution in [1.29, 1.82) is 0 Å². The van der Waals surface area contributed by atoms with Crippen molar-refractivity contribution in [2.24, 2.45) is 0 Å². The summed E-state index contributed by atoms with van der Waals surface area (Å²) in [5.41, 5.74) is 1.18. The molecule has 2 unspecified atom stereocenters. The van der Waals surface area contributed by atoms with E-state index in [9.17, 15) is 4.79 Å². The Morgan fingerprint density at radius 2 is 2.22 bits per heavy atom. The molecule has 1 aromatic rings. The van der Waals surface area contributed by atoms with Crippen LogP contribution in [0.3, 0.4) is 0 Å². The fraction of sp³-hybridized carbons (Fsp3) is 0.533. The fourth-order valence-corrected chi connectivity index (χ4v) is 2.35. The first-order valence-electron chi connectivity index (χ1n) is 6.72. The zero-order valence-electron chi connectivity index (χ0n) is 10.9. The number of hydrogen-bond acceptors (Lipinski definition) is 3. The van der Waals surface area contributed by atoms with Crippen molar-refractivity contribution in [3.63, 3.8) is 0 Å². The highest BCUT2D eigenvalue weighted by Gasteiger charge is 2.23. The van der Waals surface area contributed by atoms with E-state index in [-0.39, 0.29) is 12.1 Å². The summed E-state index contributed by atoms with van der Waals surface area (Å²) in [5.74, 6) is -0.0972. The van der Waals surface area contributed by atoms with Gasteiger partial charge in [0.05, 0.1) is 0 Å². The van der Waals surface area contributed by atoms with E-state index in [0.29, 0.717) is 12.5 Å². The molecule has 18 heavy (non-hydrogen) atoms. The molecule has 0 spiro atoms. The lowest BCUT2D eigenvalue weighted by Gasteiger charge is -2.19. The van der Waals surface area contributed by atoms with Crippen LogP contribution in [0.2, 0.25) is 0 Å². The van der Waals surface area contributed by atoms with Crippen LogP contribution in [-0.2, 0) is 16.0 Å². The summed E-state index contributed by atoms with van der Waals surface area (Å²) in [5, 5.41) is 3.36. The van der Waals surface area contributed by atoms with Gasteiger partial charge in [-0.3, -0.25) is 4.79 Å². The second-order valence-corrected chi connectivity index (χ2v) is 4.88. The molecule has 0 bridgehead atoms. The summed E-state index contributed by atoms with van der Waals surface area (Å²) in [6.45, 7) is 3.01. The highest BCUT2D eigenvalue weighted by Crippen LogP contribution is 2.13. The Balaban J connectivity index is 1.71. The summed E-state index contributed by atoms with van der Waals surface area (Å²) in [6.07, 6.45) is 3.48. The van der Waals surface area contributed by atoms with Gasteiger partial charge in [0.1, 0.15) is 6.10 Å². The van der Waals surface area contributed by atoms with Crippen LogP contribution in [0.25, 0.3) is 0 Å². The standard InChI is InChI=1S/C15H21NO2/c1-12(14-8-5-11-16-14)18-15(17)10-9-13-6-3-2-4-7-13/h2-4,6-7,12,14,16H,5,8-11H2,1H3. The van der Waals surface area contributed by atoms with Gasteiger partial charge in [-0.2, -0.15) is 0 Å². The molecule has 3 nitrogen and oxygen atoms in total. The molecule has 0 aliphatic carbocycles. The van der Waals surface area contributed by atoms with Gasteiger partial charge in [-0.1, -0.05) is 30.3 Å². The molecule has 1 aliphatic rings. The predicted molar refractivity (Wildman–Crippen MR) is 71.3 cm³/mol. The molecule has 1 heterocycles. The van der Waals surface area contributed by atoms with Crippen LogP contribution >= 0.6 is 0 Å². The highest BCUT2D eigenvalue weighted by atomic mass is 16.5. The number of aryl methyl sites for hydroxylation is 1. The maximum absolute atomic E-state index is 11.7. The molecule has 1 N–H and O–H groups in total. The highest BCUT2D eigenvalue weighted by molar-refractivity contribution is 5.70. The third-order valence-corrected chi connectivity index (χ3v) is 3.44. The van der Waals surface area contributed by atoms with Crippen molar-refractivity contribution in [2.75, 3.05) is 6.54 Å². The molecule has 1 aromatic carbocycles. The molecule has 0 saturated carbocycles. The first kappa shape index (κ1) is 13.1. The van der Waals surface area contributed by atoms with Gasteiger partial charge in [0.2, 0.25) is 0 Å². The van der Waals surface area contributed by atoms with E-state index in [0.717, 1.165) is 19.4 Å². The van der Waals surface area contributed by atoms with Gasteiger partial charge in [-0.15, -0.1) is 0 Å². The Kier molecular flexibility index (Phi) is 4.76. The topological polar surface area (TPSA) is 38.3 Å². The molecule has 1 aliphatic heterocycles. The monoisotopic (exact) mass is 247 g/mol. The minimum atomic E-state index is -0.0972. The number of carbonyl (C=O) groups is 1. The van der Waals surface area contributed by atoms with Crippen LogP contribution in [-0.4, -0.2) is 24.7 Å². The number of carbonyl (C=O) groups excluding carboxylic acids is 1. The summed E-state index contributed by atoms with van der Waals surface area (Å²) >= 11 is 0. The number of benzene rings is 1. The van der Waals surface area contributed by atoms with E-state index in [2.05, 4.69) is 5.32 Å². The smallest absolute Gasteiger partial charge is 0.306 e. The molecule has 0 amide bonds. The fourth-order valence-electron chi connectivity index (χ4n) is 2.35. The number of esters is 1. The number of rotatable bonds is 5. The summed E-state index contributed by atoms with van der Waals surface area (Å²) in [7, 11) is 0. The zero-order valence-corrected chi connectivity index (χ0v) is 10.9. The van der Waals surface area contributed by atoms with Crippen LogP contribution in [0, 0.1) is 0 Å². The van der Waals surface area contributed by atoms with E-state index in [1.807, 2.05) is 37.3 Å². The predicted octanol–water partition coefficient (Wildman–Crippen LogP) is 2.30. The van der Waals surface area contributed by atoms with Gasteiger partial charge >= 0.3 is 5.97 Å². The summed E-state index contributed by atoms with van der Waals surface area (Å²) < 4.78 is 5.45. The van der Waals surface area contributed by atoms with Gasteiger partial charge in [-0.25, -0.2) is 0 Å². The SMILES string of the molecule is CC(OC(=O)CCc1ccccc1)C1CCCN1. The third kappa shape index (κ3) is 3.84. The van der Waals surface area contributed by atoms with Crippen molar-refractivity contribution in [3.8, 4) is 0 Å². The lowest BCUT2D eigenvalue weighted by atomic mass is 10.1. The minimum Gasteiger partial charge on any atom is -0.461 e. The van der Waals surface area contributed by atoms with E-state index < -0.39 is 0 Å². The second-order valence-electron chi connectivity index (χ2n) is 4.88. The zero-order chi connectivity index (χ0) is 12.8. The molecule has 0 aromatic heterocycles. The lowest BCUT2D eigenvalue weighted by Crippen LogP contribution is -2.36. The molecule has 2 atom stereocenters. The van der Waals surface area contributed by atoms with Gasteiger partial charge < -0.3 is 10.1 Å². The van der Waals surface area contributed by atoms with Crippen LogP contribution in [0.1, 0.15) is 31.7 Å². The third-order valence-electron chi connectivity index (χ3n) is 3.44. The lowest BCUT2D eigenvalue weighted by molar-refractivity contribution is -0.149. The Bertz CT molecular complexity index is 371. The van der Waals surface area contributed by atoms with Gasteiger partial charge in [-0.05, 0) is 38.3 Å². The first-order valence-corrected chi connectivity index (χ1v) is 6.72. The average molecular weight is 247 g/mol. The Labute approximate surface area is 109 Å².